The van der Waals surface area contributed by atoms with Crippen molar-refractivity contribution in [3.05, 3.63) is 131 Å². The zero-order chi connectivity index (χ0) is 31.2. The second-order valence-electron chi connectivity index (χ2n) is 10.6. The van der Waals surface area contributed by atoms with Gasteiger partial charge in [-0.05, 0) is 65.9 Å². The Hall–Kier alpha value is -5.42. The molecular formula is C34H27N3O7S. The van der Waals surface area contributed by atoms with E-state index in [0.29, 0.717) is 43.7 Å². The van der Waals surface area contributed by atoms with E-state index in [9.17, 15) is 14.9 Å². The van der Waals surface area contributed by atoms with Crippen LogP contribution in [0.15, 0.2) is 92.6 Å². The molecule has 10 nitrogen and oxygen atoms in total. The molecule has 1 aliphatic heterocycles. The molecular weight excluding hydrogens is 594 g/mol. The summed E-state index contributed by atoms with van der Waals surface area (Å²) in [5.41, 5.74) is 5.08. The smallest absolute Gasteiger partial charge is 0.284 e. The molecule has 11 heteroatoms. The van der Waals surface area contributed by atoms with Crippen LogP contribution < -0.4 is 29.1 Å². The Morgan fingerprint density at radius 1 is 0.956 bits per heavy atom. The van der Waals surface area contributed by atoms with Crippen molar-refractivity contribution >= 4 is 28.8 Å². The first-order valence-electron chi connectivity index (χ1n) is 14.2. The van der Waals surface area contributed by atoms with Crippen molar-refractivity contribution in [1.82, 2.24) is 4.57 Å². The van der Waals surface area contributed by atoms with Crippen LogP contribution in [0.25, 0.3) is 23.1 Å². The lowest BCUT2D eigenvalue weighted by molar-refractivity contribution is -0.384. The van der Waals surface area contributed by atoms with E-state index in [0.717, 1.165) is 35.2 Å². The van der Waals surface area contributed by atoms with E-state index in [1.54, 1.807) is 49.1 Å². The summed E-state index contributed by atoms with van der Waals surface area (Å²) in [5.74, 6) is 2.23. The standard InChI is InChI=1S/C34H27N3O7S/c1-41-21-10-13-24(26(17-21)37(39)40)27-15-11-22(44-27)18-30-33(38)36-32(20-9-14-28(42-2)29(16-20)43-3)25-12-8-19-6-4-5-7-23(19)31(25)35-34(36)45-30/h4-7,9-11,13-18,32H,8,12H2,1-3H3/b30-18-/t32-/m0/s1. The first-order chi connectivity index (χ1) is 21.9. The van der Waals surface area contributed by atoms with Crippen molar-refractivity contribution in [2.24, 2.45) is 4.99 Å². The van der Waals surface area contributed by atoms with Crippen molar-refractivity contribution in [3.8, 4) is 28.6 Å². The van der Waals surface area contributed by atoms with Crippen LogP contribution in [0.2, 0.25) is 0 Å². The molecule has 45 heavy (non-hydrogen) atoms. The summed E-state index contributed by atoms with van der Waals surface area (Å²) in [6, 6.07) is 21.5. The van der Waals surface area contributed by atoms with Gasteiger partial charge in [0.05, 0.1) is 54.2 Å². The monoisotopic (exact) mass is 621 g/mol. The van der Waals surface area contributed by atoms with Gasteiger partial charge in [0.15, 0.2) is 16.3 Å². The van der Waals surface area contributed by atoms with Crippen molar-refractivity contribution in [3.63, 3.8) is 0 Å². The van der Waals surface area contributed by atoms with E-state index in [1.807, 2.05) is 30.3 Å². The van der Waals surface area contributed by atoms with Gasteiger partial charge in [-0.1, -0.05) is 41.7 Å². The van der Waals surface area contributed by atoms with Crippen molar-refractivity contribution in [2.45, 2.75) is 18.9 Å². The van der Waals surface area contributed by atoms with E-state index in [2.05, 4.69) is 12.1 Å². The summed E-state index contributed by atoms with van der Waals surface area (Å²) in [7, 11) is 4.63. The molecule has 7 rings (SSSR count). The number of hydrogen-bond acceptors (Lipinski definition) is 9. The Morgan fingerprint density at radius 3 is 2.56 bits per heavy atom. The summed E-state index contributed by atoms with van der Waals surface area (Å²) in [6.07, 6.45) is 3.25. The van der Waals surface area contributed by atoms with Gasteiger partial charge in [0, 0.05) is 11.6 Å². The van der Waals surface area contributed by atoms with Gasteiger partial charge in [-0.25, -0.2) is 4.99 Å². The fraction of sp³-hybridized carbons (Fsp3) is 0.176. The fourth-order valence-electron chi connectivity index (χ4n) is 6.05. The molecule has 1 aliphatic carbocycles. The predicted molar refractivity (Wildman–Crippen MR) is 170 cm³/mol. The lowest BCUT2D eigenvalue weighted by Gasteiger charge is -2.31. The van der Waals surface area contributed by atoms with Crippen LogP contribution in [0.5, 0.6) is 17.2 Å². The van der Waals surface area contributed by atoms with Crippen molar-refractivity contribution in [2.75, 3.05) is 21.3 Å². The minimum atomic E-state index is -0.480. The van der Waals surface area contributed by atoms with E-state index >= 15 is 0 Å². The Bertz CT molecular complexity index is 2210. The highest BCUT2D eigenvalue weighted by molar-refractivity contribution is 7.07. The minimum Gasteiger partial charge on any atom is -0.497 e. The Kier molecular flexibility index (Phi) is 7.09. The number of hydrogen-bond donors (Lipinski definition) is 0. The highest BCUT2D eigenvalue weighted by atomic mass is 32.1. The third-order valence-corrected chi connectivity index (χ3v) is 9.15. The van der Waals surface area contributed by atoms with Crippen LogP contribution in [0, 0.1) is 10.1 Å². The molecule has 0 radical (unpaired) electrons. The maximum Gasteiger partial charge on any atom is 0.284 e. The molecule has 0 saturated carbocycles. The number of allylic oxidation sites excluding steroid dienone is 1. The Morgan fingerprint density at radius 2 is 1.78 bits per heavy atom. The molecule has 3 aromatic carbocycles. The number of furan rings is 1. The summed E-state index contributed by atoms with van der Waals surface area (Å²) >= 11 is 1.27. The average Bonchev–Trinajstić information content (AvgIpc) is 3.66. The average molecular weight is 622 g/mol. The van der Waals surface area contributed by atoms with E-state index < -0.39 is 11.0 Å². The first kappa shape index (κ1) is 28.4. The highest BCUT2D eigenvalue weighted by Crippen LogP contribution is 2.43. The highest BCUT2D eigenvalue weighted by Gasteiger charge is 2.33. The molecule has 0 bridgehead atoms. The SMILES string of the molecule is COc1ccc(-c2ccc(/C=c3\sc4n(c3=O)[C@@H](c3ccc(OC)c(OC)c3)C3=C(N=4)c4ccccc4CC3)o2)c([N+](=O)[O-])c1. The number of thiazole rings is 1. The van der Waals surface area contributed by atoms with Crippen LogP contribution in [0.3, 0.4) is 0 Å². The number of aromatic nitrogens is 1. The molecule has 0 unspecified atom stereocenters. The van der Waals surface area contributed by atoms with Gasteiger partial charge in [-0.2, -0.15) is 0 Å². The second kappa shape index (κ2) is 11.3. The summed E-state index contributed by atoms with van der Waals surface area (Å²) in [4.78, 5) is 31.0. The van der Waals surface area contributed by atoms with E-state index in [4.69, 9.17) is 23.6 Å². The molecule has 0 spiro atoms. The maximum absolute atomic E-state index is 14.1. The molecule has 2 aromatic heterocycles. The zero-order valence-corrected chi connectivity index (χ0v) is 25.4. The molecule has 5 aromatic rings. The van der Waals surface area contributed by atoms with Gasteiger partial charge < -0.3 is 18.6 Å². The van der Waals surface area contributed by atoms with Crippen LogP contribution >= 0.6 is 11.3 Å². The number of nitro benzene ring substituents is 1. The van der Waals surface area contributed by atoms with Gasteiger partial charge in [-0.3, -0.25) is 19.5 Å². The lowest BCUT2D eigenvalue weighted by atomic mass is 9.83. The quantitative estimate of drug-likeness (QED) is 0.174. The summed E-state index contributed by atoms with van der Waals surface area (Å²) < 4.78 is 24.4. The summed E-state index contributed by atoms with van der Waals surface area (Å²) in [6.45, 7) is 0. The molecule has 3 heterocycles. The van der Waals surface area contributed by atoms with Gasteiger partial charge in [0.25, 0.3) is 11.2 Å². The van der Waals surface area contributed by atoms with Gasteiger partial charge >= 0.3 is 0 Å². The molecule has 226 valence electrons. The van der Waals surface area contributed by atoms with E-state index in [-0.39, 0.29) is 11.2 Å². The normalized spacial score (nSPS) is 15.5. The number of fused-ring (bicyclic) bond motifs is 3. The number of aryl methyl sites for hydroxylation is 1. The van der Waals surface area contributed by atoms with Gasteiger partial charge in [0.2, 0.25) is 0 Å². The van der Waals surface area contributed by atoms with Crippen LogP contribution in [-0.2, 0) is 6.42 Å². The Labute approximate surface area is 260 Å². The fourth-order valence-corrected chi connectivity index (χ4v) is 7.03. The van der Waals surface area contributed by atoms with Crippen LogP contribution in [-0.4, -0.2) is 30.8 Å². The van der Waals surface area contributed by atoms with Gasteiger partial charge in [-0.15, -0.1) is 0 Å². The number of ether oxygens (including phenoxy) is 3. The first-order valence-corrected chi connectivity index (χ1v) is 15.0. The number of rotatable bonds is 7. The molecule has 0 saturated heterocycles. The third-order valence-electron chi connectivity index (χ3n) is 8.16. The van der Waals surface area contributed by atoms with Crippen LogP contribution in [0.4, 0.5) is 5.69 Å². The maximum atomic E-state index is 14.1. The molecule has 0 amide bonds. The van der Waals surface area contributed by atoms with E-state index in [1.165, 1.54) is 30.1 Å². The number of nitrogens with zero attached hydrogens (tertiary/aromatic N) is 3. The van der Waals surface area contributed by atoms with Crippen molar-refractivity contribution < 1.29 is 23.6 Å². The second-order valence-corrected chi connectivity index (χ2v) is 11.6. The number of benzene rings is 3. The Balaban J connectivity index is 1.38. The summed E-state index contributed by atoms with van der Waals surface area (Å²) in [5, 5.41) is 11.8. The molecule has 2 aliphatic rings. The van der Waals surface area contributed by atoms with Crippen LogP contribution in [0.1, 0.15) is 34.9 Å². The minimum absolute atomic E-state index is 0.143. The third kappa shape index (κ3) is 4.81. The topological polar surface area (TPSA) is 118 Å². The van der Waals surface area contributed by atoms with Crippen molar-refractivity contribution in [1.29, 1.82) is 0 Å². The lowest BCUT2D eigenvalue weighted by Crippen LogP contribution is -2.38. The zero-order valence-electron chi connectivity index (χ0n) is 24.6. The predicted octanol–water partition coefficient (Wildman–Crippen LogP) is 5.51. The molecule has 0 fully saturated rings. The molecule has 1 atom stereocenters. The van der Waals surface area contributed by atoms with Gasteiger partial charge in [0.1, 0.15) is 17.3 Å². The number of methoxy groups -OCH3 is 3. The number of nitro groups is 1. The largest absolute Gasteiger partial charge is 0.497 e. The molecule has 0 N–H and O–H groups in total.